The summed E-state index contributed by atoms with van der Waals surface area (Å²) >= 11 is 1.75. The van der Waals surface area contributed by atoms with Gasteiger partial charge in [-0.3, -0.25) is 0 Å². The maximum Gasteiger partial charge on any atom is 0.227 e. The smallest absolute Gasteiger partial charge is 0.227 e. The number of hydrogen-bond acceptors (Lipinski definition) is 8. The van der Waals surface area contributed by atoms with Crippen LogP contribution in [0.25, 0.3) is 10.2 Å². The first-order valence-corrected chi connectivity index (χ1v) is 10.2. The molecule has 8 heteroatoms. The Hall–Kier alpha value is -2.45. The Labute approximate surface area is 161 Å². The van der Waals surface area contributed by atoms with E-state index in [9.17, 15) is 5.11 Å². The molecule has 2 aliphatic rings. The highest BCUT2D eigenvalue weighted by Crippen LogP contribution is 2.29. The van der Waals surface area contributed by atoms with Gasteiger partial charge in [0.15, 0.2) is 5.13 Å². The zero-order valence-corrected chi connectivity index (χ0v) is 15.8. The van der Waals surface area contributed by atoms with Gasteiger partial charge < -0.3 is 19.8 Å². The lowest BCUT2D eigenvalue weighted by Crippen LogP contribution is -2.47. The molecule has 1 atom stereocenters. The molecular weight excluding hydrogens is 360 g/mol. The van der Waals surface area contributed by atoms with Crippen LogP contribution in [0.5, 0.6) is 0 Å². The van der Waals surface area contributed by atoms with E-state index in [0.29, 0.717) is 6.54 Å². The fraction of sp³-hybridized carbons (Fsp3) is 0.421. The van der Waals surface area contributed by atoms with Crippen LogP contribution in [0.2, 0.25) is 0 Å². The molecule has 1 aromatic carbocycles. The van der Waals surface area contributed by atoms with Gasteiger partial charge in [-0.25, -0.2) is 9.97 Å². The van der Waals surface area contributed by atoms with E-state index >= 15 is 0 Å². The van der Waals surface area contributed by atoms with Gasteiger partial charge in [0.25, 0.3) is 0 Å². The Morgan fingerprint density at radius 2 is 1.74 bits per heavy atom. The molecule has 2 aliphatic heterocycles. The molecule has 27 heavy (non-hydrogen) atoms. The summed E-state index contributed by atoms with van der Waals surface area (Å²) in [4.78, 5) is 20.7. The van der Waals surface area contributed by atoms with Gasteiger partial charge in [0.1, 0.15) is 5.82 Å². The van der Waals surface area contributed by atoms with Gasteiger partial charge in [-0.1, -0.05) is 23.5 Å². The lowest BCUT2D eigenvalue weighted by Gasteiger charge is -2.34. The van der Waals surface area contributed by atoms with Crippen molar-refractivity contribution in [2.45, 2.75) is 12.5 Å². The van der Waals surface area contributed by atoms with E-state index in [-0.39, 0.29) is 6.10 Å². The summed E-state index contributed by atoms with van der Waals surface area (Å²) in [6, 6.07) is 10.2. The number of hydrogen-bond donors (Lipinski definition) is 1. The van der Waals surface area contributed by atoms with Crippen LogP contribution in [0, 0.1) is 0 Å². The first-order valence-electron chi connectivity index (χ1n) is 9.38. The van der Waals surface area contributed by atoms with Crippen molar-refractivity contribution in [1.29, 1.82) is 0 Å². The molecule has 4 heterocycles. The second-order valence-electron chi connectivity index (χ2n) is 7.04. The highest BCUT2D eigenvalue weighted by atomic mass is 32.1. The molecule has 3 aromatic rings. The average molecular weight is 382 g/mol. The second-order valence-corrected chi connectivity index (χ2v) is 8.05. The number of β-amino-alcohol motifs (C(OH)–C–C–N with tert-alkyl or cyclic N) is 1. The third kappa shape index (κ3) is 3.30. The summed E-state index contributed by atoms with van der Waals surface area (Å²) < 4.78 is 1.23. The second kappa shape index (κ2) is 6.94. The van der Waals surface area contributed by atoms with Crippen molar-refractivity contribution in [1.82, 2.24) is 15.0 Å². The zero-order valence-electron chi connectivity index (χ0n) is 15.0. The van der Waals surface area contributed by atoms with Crippen LogP contribution < -0.4 is 14.7 Å². The van der Waals surface area contributed by atoms with Crippen LogP contribution in [-0.2, 0) is 0 Å². The van der Waals surface area contributed by atoms with Crippen molar-refractivity contribution in [2.24, 2.45) is 0 Å². The number of aliphatic hydroxyl groups is 1. The van der Waals surface area contributed by atoms with Crippen LogP contribution >= 0.6 is 11.3 Å². The van der Waals surface area contributed by atoms with Gasteiger partial charge in [0.05, 0.1) is 16.3 Å². The Kier molecular flexibility index (Phi) is 4.29. The van der Waals surface area contributed by atoms with Gasteiger partial charge in [-0.2, -0.15) is 4.98 Å². The number of piperazine rings is 1. The fourth-order valence-corrected chi connectivity index (χ4v) is 4.73. The van der Waals surface area contributed by atoms with Crippen LogP contribution in [0.1, 0.15) is 6.42 Å². The van der Waals surface area contributed by atoms with E-state index in [1.165, 1.54) is 4.70 Å². The molecular formula is C19H22N6OS. The molecule has 2 aromatic heterocycles. The number of thiazole rings is 1. The monoisotopic (exact) mass is 382 g/mol. The minimum atomic E-state index is -0.249. The Morgan fingerprint density at radius 3 is 2.52 bits per heavy atom. The first kappa shape index (κ1) is 16.7. The molecule has 7 nitrogen and oxygen atoms in total. The van der Waals surface area contributed by atoms with Crippen molar-refractivity contribution in [3.8, 4) is 0 Å². The Morgan fingerprint density at radius 1 is 0.926 bits per heavy atom. The molecule has 0 aliphatic carbocycles. The number of anilines is 3. The topological polar surface area (TPSA) is 68.6 Å². The molecule has 1 N–H and O–H groups in total. The van der Waals surface area contributed by atoms with E-state index in [2.05, 4.69) is 37.9 Å². The summed E-state index contributed by atoms with van der Waals surface area (Å²) in [6.07, 6.45) is 2.38. The standard InChI is InChI=1S/C19H22N6OS/c26-14-6-8-25(13-14)17-5-7-20-18(22-17)23-9-11-24(12-10-23)19-21-15-3-1-2-4-16(15)27-19/h1-5,7,14,26H,6,8-13H2/t14-/m0/s1. The lowest BCUT2D eigenvalue weighted by atomic mass is 10.3. The van der Waals surface area contributed by atoms with Crippen molar-refractivity contribution in [2.75, 3.05) is 54.0 Å². The predicted octanol–water partition coefficient (Wildman–Crippen LogP) is 1.98. The van der Waals surface area contributed by atoms with Crippen molar-refractivity contribution >= 4 is 38.5 Å². The molecule has 0 spiro atoms. The number of rotatable bonds is 3. The number of aromatic nitrogens is 3. The Bertz CT molecular complexity index is 906. The molecule has 140 valence electrons. The normalized spacial score (nSPS) is 20.6. The van der Waals surface area contributed by atoms with Gasteiger partial charge in [-0.05, 0) is 24.6 Å². The quantitative estimate of drug-likeness (QED) is 0.743. The molecule has 2 saturated heterocycles. The van der Waals surface area contributed by atoms with Gasteiger partial charge in [-0.15, -0.1) is 0 Å². The maximum atomic E-state index is 9.76. The molecule has 5 rings (SSSR count). The summed E-state index contributed by atoms with van der Waals surface area (Å²) in [6.45, 7) is 5.08. The average Bonchev–Trinajstić information content (AvgIpc) is 3.34. The fourth-order valence-electron chi connectivity index (χ4n) is 3.71. The summed E-state index contributed by atoms with van der Waals surface area (Å²) in [5, 5.41) is 10.9. The van der Waals surface area contributed by atoms with Gasteiger partial charge >= 0.3 is 0 Å². The van der Waals surface area contributed by atoms with E-state index in [0.717, 1.165) is 61.6 Å². The summed E-state index contributed by atoms with van der Waals surface area (Å²) in [5.41, 5.74) is 1.07. The Balaban J connectivity index is 1.27. The number of aliphatic hydroxyl groups excluding tert-OH is 1. The molecule has 0 saturated carbocycles. The predicted molar refractivity (Wildman–Crippen MR) is 109 cm³/mol. The minimum Gasteiger partial charge on any atom is -0.391 e. The van der Waals surface area contributed by atoms with Gasteiger partial charge in [0, 0.05) is 45.5 Å². The maximum absolute atomic E-state index is 9.76. The molecule has 2 fully saturated rings. The number of benzene rings is 1. The van der Waals surface area contributed by atoms with E-state index in [1.54, 1.807) is 11.3 Å². The third-order valence-electron chi connectivity index (χ3n) is 5.23. The number of nitrogens with zero attached hydrogens (tertiary/aromatic N) is 6. The molecule has 0 unspecified atom stereocenters. The van der Waals surface area contributed by atoms with Crippen molar-refractivity contribution in [3.63, 3.8) is 0 Å². The van der Waals surface area contributed by atoms with Crippen LogP contribution in [0.4, 0.5) is 16.9 Å². The van der Waals surface area contributed by atoms with E-state index in [1.807, 2.05) is 18.3 Å². The SMILES string of the molecule is O[C@H]1CCN(c2ccnc(N3CCN(c4nc5ccccc5s4)CC3)n2)C1. The first-order chi connectivity index (χ1) is 13.3. The zero-order chi connectivity index (χ0) is 18.2. The summed E-state index contributed by atoms with van der Waals surface area (Å²) in [5.74, 6) is 1.68. The van der Waals surface area contributed by atoms with Crippen LogP contribution in [0.3, 0.4) is 0 Å². The van der Waals surface area contributed by atoms with Crippen LogP contribution in [0.15, 0.2) is 36.5 Å². The van der Waals surface area contributed by atoms with Crippen molar-refractivity contribution < 1.29 is 5.11 Å². The van der Waals surface area contributed by atoms with Crippen LogP contribution in [-0.4, -0.2) is 65.4 Å². The summed E-state index contributed by atoms with van der Waals surface area (Å²) in [7, 11) is 0. The van der Waals surface area contributed by atoms with E-state index < -0.39 is 0 Å². The highest BCUT2D eigenvalue weighted by molar-refractivity contribution is 7.22. The highest BCUT2D eigenvalue weighted by Gasteiger charge is 2.24. The lowest BCUT2D eigenvalue weighted by molar-refractivity contribution is 0.198. The van der Waals surface area contributed by atoms with Gasteiger partial charge in [0.2, 0.25) is 5.95 Å². The molecule has 0 bridgehead atoms. The molecule has 0 radical (unpaired) electrons. The van der Waals surface area contributed by atoms with E-state index in [4.69, 9.17) is 9.97 Å². The number of fused-ring (bicyclic) bond motifs is 1. The third-order valence-corrected chi connectivity index (χ3v) is 6.33. The van der Waals surface area contributed by atoms with Crippen molar-refractivity contribution in [3.05, 3.63) is 36.5 Å². The number of para-hydroxylation sites is 1. The molecule has 0 amide bonds. The minimum absolute atomic E-state index is 0.249. The largest absolute Gasteiger partial charge is 0.391 e.